The van der Waals surface area contributed by atoms with Gasteiger partial charge in [-0.1, -0.05) is 0 Å². The third kappa shape index (κ3) is 6.30. The van der Waals surface area contributed by atoms with Crippen LogP contribution in [0.2, 0.25) is 0 Å². The summed E-state index contributed by atoms with van der Waals surface area (Å²) in [6, 6.07) is 6.19. The van der Waals surface area contributed by atoms with E-state index in [4.69, 9.17) is 0 Å². The van der Waals surface area contributed by atoms with E-state index in [1.54, 1.807) is 0 Å². The molecule has 26 heavy (non-hydrogen) atoms. The van der Waals surface area contributed by atoms with E-state index in [1.807, 2.05) is 36.0 Å². The van der Waals surface area contributed by atoms with Gasteiger partial charge < -0.3 is 20.5 Å². The lowest BCUT2D eigenvalue weighted by Crippen LogP contribution is -2.39. The van der Waals surface area contributed by atoms with E-state index in [9.17, 15) is 13.2 Å². The molecule has 0 amide bonds. The van der Waals surface area contributed by atoms with E-state index in [-0.39, 0.29) is 12.4 Å². The van der Waals surface area contributed by atoms with Crippen LogP contribution in [0.15, 0.2) is 47.8 Å². The molecular formula is C17H23F3N6. The minimum absolute atomic E-state index is 0.180. The molecule has 9 heteroatoms. The van der Waals surface area contributed by atoms with Crippen molar-refractivity contribution in [3.63, 3.8) is 0 Å². The monoisotopic (exact) mass is 368 g/mol. The number of pyridine rings is 1. The summed E-state index contributed by atoms with van der Waals surface area (Å²) in [4.78, 5) is 8.12. The first-order valence-electron chi connectivity index (χ1n) is 8.39. The van der Waals surface area contributed by atoms with Gasteiger partial charge >= 0.3 is 6.18 Å². The summed E-state index contributed by atoms with van der Waals surface area (Å²) < 4.78 is 40.8. The van der Waals surface area contributed by atoms with Crippen molar-refractivity contribution in [1.82, 2.24) is 20.2 Å². The number of guanidine groups is 1. The summed E-state index contributed by atoms with van der Waals surface area (Å²) >= 11 is 0. The number of alkyl halides is 3. The predicted molar refractivity (Wildman–Crippen MR) is 96.1 cm³/mol. The fourth-order valence-corrected chi connectivity index (χ4v) is 2.28. The number of hydrogen-bond donors (Lipinski definition) is 3. The lowest BCUT2D eigenvalue weighted by Gasteiger charge is -2.13. The van der Waals surface area contributed by atoms with Gasteiger partial charge in [-0.15, -0.1) is 0 Å². The molecule has 2 heterocycles. The second kappa shape index (κ2) is 9.69. The molecule has 3 N–H and O–H groups in total. The van der Waals surface area contributed by atoms with E-state index in [1.165, 1.54) is 12.3 Å². The number of hydrogen-bond acceptors (Lipinski definition) is 3. The van der Waals surface area contributed by atoms with Gasteiger partial charge in [0, 0.05) is 44.8 Å². The Kier molecular flexibility index (Phi) is 7.31. The van der Waals surface area contributed by atoms with E-state index >= 15 is 0 Å². The maximum absolute atomic E-state index is 12.9. The third-order valence-corrected chi connectivity index (χ3v) is 3.46. The molecule has 0 spiro atoms. The largest absolute Gasteiger partial charge is 0.419 e. The maximum atomic E-state index is 12.9. The van der Waals surface area contributed by atoms with Crippen molar-refractivity contribution in [2.24, 2.45) is 4.99 Å². The van der Waals surface area contributed by atoms with Crippen LogP contribution in [-0.4, -0.2) is 41.7 Å². The number of anilines is 1. The highest BCUT2D eigenvalue weighted by Gasteiger charge is 2.33. The first-order valence-corrected chi connectivity index (χ1v) is 8.39. The summed E-state index contributed by atoms with van der Waals surface area (Å²) in [7, 11) is 0. The Morgan fingerprint density at radius 3 is 2.62 bits per heavy atom. The minimum atomic E-state index is -4.44. The van der Waals surface area contributed by atoms with Crippen molar-refractivity contribution >= 4 is 11.8 Å². The highest BCUT2D eigenvalue weighted by molar-refractivity contribution is 5.79. The van der Waals surface area contributed by atoms with Gasteiger partial charge in [-0.3, -0.25) is 4.99 Å². The molecule has 0 aliphatic heterocycles. The van der Waals surface area contributed by atoms with Crippen molar-refractivity contribution in [3.8, 4) is 0 Å². The van der Waals surface area contributed by atoms with Gasteiger partial charge in [0.1, 0.15) is 5.82 Å². The zero-order valence-corrected chi connectivity index (χ0v) is 14.6. The number of aliphatic imine (C=N–C) groups is 1. The number of nitrogens with one attached hydrogen (secondary N) is 3. The van der Waals surface area contributed by atoms with Gasteiger partial charge in [0.2, 0.25) is 0 Å². The fraction of sp³-hybridized carbons (Fsp3) is 0.412. The molecule has 0 radical (unpaired) electrons. The molecule has 2 rings (SSSR count). The standard InChI is InChI=1S/C17H23F3N6/c1-2-21-16(25-10-13-26-11-3-4-12-26)24-9-8-23-15-14(17(18,19)20)6-5-7-22-15/h3-7,11-12H,2,8-10,13H2,1H3,(H,22,23)(H2,21,24,25). The lowest BCUT2D eigenvalue weighted by atomic mass is 10.2. The Labute approximate surface area is 150 Å². The highest BCUT2D eigenvalue weighted by atomic mass is 19.4. The van der Waals surface area contributed by atoms with Crippen LogP contribution < -0.4 is 16.0 Å². The number of nitrogens with zero attached hydrogens (tertiary/aromatic N) is 3. The van der Waals surface area contributed by atoms with E-state index in [0.29, 0.717) is 25.6 Å². The summed E-state index contributed by atoms with van der Waals surface area (Å²) in [5, 5.41) is 8.99. The quantitative estimate of drug-likeness (QED) is 0.381. The average Bonchev–Trinajstić information content (AvgIpc) is 3.11. The molecule has 0 aliphatic rings. The van der Waals surface area contributed by atoms with Gasteiger partial charge in [-0.2, -0.15) is 13.2 Å². The summed E-state index contributed by atoms with van der Waals surface area (Å²) in [5.74, 6) is 0.444. The first-order chi connectivity index (χ1) is 12.5. The van der Waals surface area contributed by atoms with Crippen molar-refractivity contribution in [2.75, 3.05) is 31.5 Å². The summed E-state index contributed by atoms with van der Waals surface area (Å²) in [6.45, 7) is 4.68. The third-order valence-electron chi connectivity index (χ3n) is 3.46. The van der Waals surface area contributed by atoms with Crippen LogP contribution in [0, 0.1) is 0 Å². The minimum Gasteiger partial charge on any atom is -0.368 e. The molecule has 0 saturated carbocycles. The number of aromatic nitrogens is 2. The first kappa shape index (κ1) is 19.6. The van der Waals surface area contributed by atoms with Crippen LogP contribution in [-0.2, 0) is 12.7 Å². The topological polar surface area (TPSA) is 66.3 Å². The van der Waals surface area contributed by atoms with Crippen molar-refractivity contribution in [1.29, 1.82) is 0 Å². The highest BCUT2D eigenvalue weighted by Crippen LogP contribution is 2.33. The SMILES string of the molecule is CCNC(=NCCNc1ncccc1C(F)(F)F)NCCn1cccc1. The molecule has 0 unspecified atom stereocenters. The van der Waals surface area contributed by atoms with E-state index < -0.39 is 11.7 Å². The van der Waals surface area contributed by atoms with Crippen LogP contribution in [0.25, 0.3) is 0 Å². The molecule has 2 aromatic heterocycles. The molecule has 0 saturated heterocycles. The zero-order chi connectivity index (χ0) is 18.8. The molecule has 6 nitrogen and oxygen atoms in total. The van der Waals surface area contributed by atoms with Gasteiger partial charge in [0.05, 0.1) is 12.1 Å². The van der Waals surface area contributed by atoms with E-state index in [2.05, 4.69) is 25.9 Å². The molecule has 0 aromatic carbocycles. The van der Waals surface area contributed by atoms with Crippen molar-refractivity contribution in [2.45, 2.75) is 19.6 Å². The molecule has 0 atom stereocenters. The van der Waals surface area contributed by atoms with Crippen molar-refractivity contribution < 1.29 is 13.2 Å². The lowest BCUT2D eigenvalue weighted by molar-refractivity contribution is -0.137. The fourth-order valence-electron chi connectivity index (χ4n) is 2.28. The Balaban J connectivity index is 1.82. The molecule has 0 aliphatic carbocycles. The average molecular weight is 368 g/mol. The van der Waals surface area contributed by atoms with Crippen LogP contribution in [0.5, 0.6) is 0 Å². The van der Waals surface area contributed by atoms with Gasteiger partial charge in [-0.25, -0.2) is 4.98 Å². The van der Waals surface area contributed by atoms with Crippen LogP contribution in [0.1, 0.15) is 12.5 Å². The normalized spacial score (nSPS) is 12.1. The Morgan fingerprint density at radius 1 is 1.15 bits per heavy atom. The van der Waals surface area contributed by atoms with Crippen LogP contribution in [0.3, 0.4) is 0 Å². The molecular weight excluding hydrogens is 345 g/mol. The smallest absolute Gasteiger partial charge is 0.368 e. The Hall–Kier alpha value is -2.71. The maximum Gasteiger partial charge on any atom is 0.419 e. The molecule has 2 aromatic rings. The number of halogens is 3. The number of rotatable bonds is 8. The Bertz CT molecular complexity index is 682. The molecule has 0 fully saturated rings. The predicted octanol–water partition coefficient (Wildman–Crippen LogP) is 2.57. The van der Waals surface area contributed by atoms with Crippen molar-refractivity contribution in [3.05, 3.63) is 48.4 Å². The van der Waals surface area contributed by atoms with Gasteiger partial charge in [0.15, 0.2) is 5.96 Å². The molecule has 142 valence electrons. The van der Waals surface area contributed by atoms with Crippen LogP contribution in [0.4, 0.5) is 19.0 Å². The second-order valence-corrected chi connectivity index (χ2v) is 5.43. The summed E-state index contributed by atoms with van der Waals surface area (Å²) in [6.07, 6.45) is 0.837. The molecule has 0 bridgehead atoms. The Morgan fingerprint density at radius 2 is 1.92 bits per heavy atom. The van der Waals surface area contributed by atoms with Gasteiger partial charge in [0.25, 0.3) is 0 Å². The van der Waals surface area contributed by atoms with E-state index in [0.717, 1.165) is 12.6 Å². The summed E-state index contributed by atoms with van der Waals surface area (Å²) in [5.41, 5.74) is -0.777. The van der Waals surface area contributed by atoms with Gasteiger partial charge in [-0.05, 0) is 31.2 Å². The van der Waals surface area contributed by atoms with Crippen LogP contribution >= 0.6 is 0 Å². The second-order valence-electron chi connectivity index (χ2n) is 5.43. The zero-order valence-electron chi connectivity index (χ0n) is 14.6.